The minimum atomic E-state index is 0.329. The number of pyridine rings is 1. The molecule has 0 radical (unpaired) electrons. The van der Waals surface area contributed by atoms with Gasteiger partial charge in [-0.05, 0) is 31.7 Å². The van der Waals surface area contributed by atoms with E-state index in [0.717, 1.165) is 11.6 Å². The third-order valence-corrected chi connectivity index (χ3v) is 3.78. The first-order valence-corrected chi connectivity index (χ1v) is 7.04. The normalized spacial score (nSPS) is 12.3. The maximum atomic E-state index is 4.50. The largest absolute Gasteiger partial charge is 0.310 e. The van der Waals surface area contributed by atoms with Crippen LogP contribution in [0.4, 0.5) is 0 Å². The van der Waals surface area contributed by atoms with E-state index in [-0.39, 0.29) is 0 Å². The fraction of sp³-hybridized carbons (Fsp3) is 0.267. The topological polar surface area (TPSA) is 24.9 Å². The van der Waals surface area contributed by atoms with Gasteiger partial charge in [0.2, 0.25) is 0 Å². The fourth-order valence-corrected chi connectivity index (χ4v) is 2.83. The van der Waals surface area contributed by atoms with Gasteiger partial charge in [-0.2, -0.15) is 0 Å². The first-order chi connectivity index (χ1) is 8.81. The van der Waals surface area contributed by atoms with Gasteiger partial charge in [0.25, 0.3) is 0 Å². The second kappa shape index (κ2) is 6.57. The van der Waals surface area contributed by atoms with E-state index in [1.165, 1.54) is 10.5 Å². The molecule has 1 aromatic heterocycles. The Kier molecular flexibility index (Phi) is 4.79. The molecule has 0 aliphatic heterocycles. The zero-order valence-corrected chi connectivity index (χ0v) is 11.6. The Hall–Kier alpha value is -1.32. The van der Waals surface area contributed by atoms with Gasteiger partial charge in [0, 0.05) is 22.7 Å². The van der Waals surface area contributed by atoms with Crippen molar-refractivity contribution in [3.63, 3.8) is 0 Å². The summed E-state index contributed by atoms with van der Waals surface area (Å²) in [5.74, 6) is 0. The molecule has 0 aliphatic carbocycles. The van der Waals surface area contributed by atoms with Crippen molar-refractivity contribution < 1.29 is 0 Å². The van der Waals surface area contributed by atoms with Crippen LogP contribution in [0.15, 0.2) is 58.6 Å². The molecule has 94 valence electrons. The summed E-state index contributed by atoms with van der Waals surface area (Å²) in [7, 11) is 0. The average molecular weight is 258 g/mol. The highest BCUT2D eigenvalue weighted by atomic mass is 32.2. The van der Waals surface area contributed by atoms with Crippen LogP contribution < -0.4 is 5.32 Å². The van der Waals surface area contributed by atoms with Crippen molar-refractivity contribution in [3.05, 3.63) is 54.2 Å². The van der Waals surface area contributed by atoms with Crippen LogP contribution in [0.25, 0.3) is 0 Å². The molecule has 0 amide bonds. The summed E-state index contributed by atoms with van der Waals surface area (Å²) in [6.45, 7) is 5.26. The van der Waals surface area contributed by atoms with Crippen LogP contribution in [0.3, 0.4) is 0 Å². The number of aromatic nitrogens is 1. The number of nitrogens with one attached hydrogen (secondary N) is 1. The maximum absolute atomic E-state index is 4.50. The van der Waals surface area contributed by atoms with Gasteiger partial charge in [-0.15, -0.1) is 0 Å². The molecule has 2 rings (SSSR count). The van der Waals surface area contributed by atoms with Gasteiger partial charge in [-0.3, -0.25) is 0 Å². The lowest BCUT2D eigenvalue weighted by molar-refractivity contribution is 0.585. The highest BCUT2D eigenvalue weighted by molar-refractivity contribution is 7.99. The van der Waals surface area contributed by atoms with Gasteiger partial charge in [0.1, 0.15) is 5.03 Å². The fourth-order valence-electron chi connectivity index (χ4n) is 1.83. The van der Waals surface area contributed by atoms with Gasteiger partial charge >= 0.3 is 0 Å². The van der Waals surface area contributed by atoms with Crippen molar-refractivity contribution in [2.24, 2.45) is 0 Å². The quantitative estimate of drug-likeness (QED) is 0.880. The molecule has 0 aliphatic rings. The zero-order chi connectivity index (χ0) is 12.8. The summed E-state index contributed by atoms with van der Waals surface area (Å²) in [4.78, 5) is 5.72. The van der Waals surface area contributed by atoms with Crippen molar-refractivity contribution >= 4 is 11.8 Å². The third-order valence-electron chi connectivity index (χ3n) is 2.74. The van der Waals surface area contributed by atoms with Crippen LogP contribution in [0.2, 0.25) is 0 Å². The van der Waals surface area contributed by atoms with Gasteiger partial charge in [0.05, 0.1) is 0 Å². The Labute approximate surface area is 113 Å². The van der Waals surface area contributed by atoms with E-state index >= 15 is 0 Å². The highest BCUT2D eigenvalue weighted by Crippen LogP contribution is 2.31. The highest BCUT2D eigenvalue weighted by Gasteiger charge is 2.11. The standard InChI is InChI=1S/C15H18N2S/c1-3-16-12(2)14-10-7-11-17-15(14)18-13-8-5-4-6-9-13/h4-12,16H,3H2,1-2H3. The molecule has 0 saturated heterocycles. The Morgan fingerprint density at radius 3 is 2.67 bits per heavy atom. The molecule has 0 saturated carbocycles. The van der Waals surface area contributed by atoms with Crippen molar-refractivity contribution in [3.8, 4) is 0 Å². The van der Waals surface area contributed by atoms with Crippen LogP contribution >= 0.6 is 11.8 Å². The number of rotatable bonds is 5. The van der Waals surface area contributed by atoms with Crippen LogP contribution in [0, 0.1) is 0 Å². The average Bonchev–Trinajstić information content (AvgIpc) is 2.41. The van der Waals surface area contributed by atoms with E-state index in [1.54, 1.807) is 11.8 Å². The van der Waals surface area contributed by atoms with Crippen molar-refractivity contribution in [2.75, 3.05) is 6.54 Å². The SMILES string of the molecule is CCNC(C)c1cccnc1Sc1ccccc1. The van der Waals surface area contributed by atoms with Crippen LogP contribution in [0.1, 0.15) is 25.5 Å². The molecule has 0 spiro atoms. The summed E-state index contributed by atoms with van der Waals surface area (Å²) in [5.41, 5.74) is 1.26. The number of nitrogens with zero attached hydrogens (tertiary/aromatic N) is 1. The maximum Gasteiger partial charge on any atom is 0.105 e. The minimum Gasteiger partial charge on any atom is -0.310 e. The van der Waals surface area contributed by atoms with Gasteiger partial charge in [-0.1, -0.05) is 43.0 Å². The lowest BCUT2D eigenvalue weighted by Crippen LogP contribution is -2.18. The molecule has 1 N–H and O–H groups in total. The molecule has 1 aromatic carbocycles. The smallest absolute Gasteiger partial charge is 0.105 e. The molecule has 2 aromatic rings. The van der Waals surface area contributed by atoms with Gasteiger partial charge in [-0.25, -0.2) is 4.98 Å². The lowest BCUT2D eigenvalue weighted by atomic mass is 10.1. The molecule has 1 unspecified atom stereocenters. The van der Waals surface area contributed by atoms with Crippen molar-refractivity contribution in [1.82, 2.24) is 10.3 Å². The monoisotopic (exact) mass is 258 g/mol. The molecular formula is C15H18N2S. The predicted octanol–water partition coefficient (Wildman–Crippen LogP) is 3.90. The molecule has 0 fully saturated rings. The zero-order valence-electron chi connectivity index (χ0n) is 10.8. The number of hydrogen-bond acceptors (Lipinski definition) is 3. The Bertz CT molecular complexity index is 485. The third kappa shape index (κ3) is 3.34. The molecule has 0 bridgehead atoms. The summed E-state index contributed by atoms with van der Waals surface area (Å²) >= 11 is 1.72. The minimum absolute atomic E-state index is 0.329. The predicted molar refractivity (Wildman–Crippen MR) is 76.9 cm³/mol. The Balaban J connectivity index is 2.22. The summed E-state index contributed by atoms with van der Waals surface area (Å²) in [6, 6.07) is 14.8. The molecular weight excluding hydrogens is 240 g/mol. The first kappa shape index (κ1) is 13.1. The summed E-state index contributed by atoms with van der Waals surface area (Å²) in [6.07, 6.45) is 1.85. The molecule has 2 nitrogen and oxygen atoms in total. The van der Waals surface area contributed by atoms with E-state index in [2.05, 4.69) is 54.5 Å². The second-order valence-electron chi connectivity index (χ2n) is 4.09. The second-order valence-corrected chi connectivity index (χ2v) is 5.15. The van der Waals surface area contributed by atoms with E-state index in [4.69, 9.17) is 0 Å². The van der Waals surface area contributed by atoms with E-state index in [0.29, 0.717) is 6.04 Å². The Morgan fingerprint density at radius 2 is 1.94 bits per heavy atom. The van der Waals surface area contributed by atoms with E-state index in [1.807, 2.05) is 18.3 Å². The van der Waals surface area contributed by atoms with Crippen LogP contribution in [-0.4, -0.2) is 11.5 Å². The van der Waals surface area contributed by atoms with Crippen molar-refractivity contribution in [2.45, 2.75) is 29.8 Å². The molecule has 3 heteroatoms. The van der Waals surface area contributed by atoms with Crippen LogP contribution in [0.5, 0.6) is 0 Å². The lowest BCUT2D eigenvalue weighted by Gasteiger charge is -2.15. The van der Waals surface area contributed by atoms with Gasteiger partial charge < -0.3 is 5.32 Å². The van der Waals surface area contributed by atoms with E-state index < -0.39 is 0 Å². The van der Waals surface area contributed by atoms with Crippen molar-refractivity contribution in [1.29, 1.82) is 0 Å². The van der Waals surface area contributed by atoms with E-state index in [9.17, 15) is 0 Å². The Morgan fingerprint density at radius 1 is 1.17 bits per heavy atom. The molecule has 1 heterocycles. The summed E-state index contributed by atoms with van der Waals surface area (Å²) in [5, 5.41) is 4.52. The van der Waals surface area contributed by atoms with Gasteiger partial charge in [0.15, 0.2) is 0 Å². The molecule has 18 heavy (non-hydrogen) atoms. The molecule has 1 atom stereocenters. The first-order valence-electron chi connectivity index (χ1n) is 6.22. The van der Waals surface area contributed by atoms with Crippen LogP contribution in [-0.2, 0) is 0 Å². The summed E-state index contributed by atoms with van der Waals surface area (Å²) < 4.78 is 0. The number of benzene rings is 1. The number of hydrogen-bond donors (Lipinski definition) is 1.